The predicted octanol–water partition coefficient (Wildman–Crippen LogP) is 4.30. The Labute approximate surface area is 170 Å². The zero-order valence-corrected chi connectivity index (χ0v) is 16.4. The van der Waals surface area contributed by atoms with E-state index in [1.54, 1.807) is 17.5 Å². The van der Waals surface area contributed by atoms with Crippen LogP contribution in [0.1, 0.15) is 23.0 Å². The topological polar surface area (TPSA) is 97.1 Å². The molecule has 0 unspecified atom stereocenters. The van der Waals surface area contributed by atoms with Gasteiger partial charge in [0.05, 0.1) is 12.1 Å². The zero-order chi connectivity index (χ0) is 21.0. The first-order valence-electron chi connectivity index (χ1n) is 8.02. The van der Waals surface area contributed by atoms with Crippen molar-refractivity contribution in [2.45, 2.75) is 24.0 Å². The highest BCUT2D eigenvalue weighted by Crippen LogP contribution is 2.37. The Morgan fingerprint density at radius 3 is 2.79 bits per heavy atom. The Bertz CT molecular complexity index is 1030. The number of anilines is 1. The summed E-state index contributed by atoms with van der Waals surface area (Å²) in [5.74, 6) is 0.00589. The largest absolute Gasteiger partial charge is 0.458 e. The third-order valence-electron chi connectivity index (χ3n) is 3.38. The van der Waals surface area contributed by atoms with E-state index in [9.17, 15) is 22.8 Å². The van der Waals surface area contributed by atoms with Crippen molar-refractivity contribution < 1.29 is 27.2 Å². The number of nitrogens with zero attached hydrogens (tertiary/aromatic N) is 2. The summed E-state index contributed by atoms with van der Waals surface area (Å²) >= 11 is 0.635. The minimum Gasteiger partial charge on any atom is -0.458 e. The Morgan fingerprint density at radius 1 is 1.28 bits per heavy atom. The van der Waals surface area contributed by atoms with Crippen molar-refractivity contribution in [1.82, 2.24) is 15.3 Å². The van der Waals surface area contributed by atoms with Gasteiger partial charge in [-0.2, -0.15) is 13.2 Å². The van der Waals surface area contributed by atoms with Gasteiger partial charge >= 0.3 is 5.51 Å². The quantitative estimate of drug-likeness (QED) is 0.553. The van der Waals surface area contributed by atoms with Crippen LogP contribution in [0.15, 0.2) is 45.3 Å². The van der Waals surface area contributed by atoms with Crippen molar-refractivity contribution in [3.8, 4) is 11.5 Å². The fourth-order valence-electron chi connectivity index (χ4n) is 2.19. The van der Waals surface area contributed by atoms with Gasteiger partial charge in [-0.15, -0.1) is 11.3 Å². The van der Waals surface area contributed by atoms with Crippen LogP contribution in [-0.2, 0) is 11.3 Å². The number of carbonyl (C=O) groups excluding carboxylic acids is 2. The fraction of sp³-hybridized carbons (Fsp3) is 0.176. The number of thioether (sulfide) groups is 1. The summed E-state index contributed by atoms with van der Waals surface area (Å²) in [4.78, 5) is 31.2. The van der Waals surface area contributed by atoms with E-state index in [1.807, 2.05) is 0 Å². The number of nitrogens with one attached hydrogen (secondary N) is 2. The highest BCUT2D eigenvalue weighted by molar-refractivity contribution is 8.00. The van der Waals surface area contributed by atoms with E-state index in [4.69, 9.17) is 4.42 Å². The number of thiazole rings is 1. The van der Waals surface area contributed by atoms with Crippen LogP contribution in [0, 0.1) is 0 Å². The smallest absolute Gasteiger partial charge is 0.447 e. The number of aromatic nitrogens is 2. The van der Waals surface area contributed by atoms with Crippen LogP contribution in [-0.4, -0.2) is 27.3 Å². The van der Waals surface area contributed by atoms with Crippen LogP contribution in [0.4, 0.5) is 18.3 Å². The summed E-state index contributed by atoms with van der Waals surface area (Å²) in [6.45, 7) is 1.61. The lowest BCUT2D eigenvalue weighted by molar-refractivity contribution is -0.119. The Hall–Kier alpha value is -2.86. The molecule has 2 amide bonds. The van der Waals surface area contributed by atoms with Crippen molar-refractivity contribution in [3.63, 3.8) is 0 Å². The zero-order valence-electron chi connectivity index (χ0n) is 14.7. The van der Waals surface area contributed by atoms with E-state index in [1.165, 1.54) is 25.3 Å². The molecule has 29 heavy (non-hydrogen) atoms. The van der Waals surface area contributed by atoms with Crippen LogP contribution in [0.2, 0.25) is 0 Å². The van der Waals surface area contributed by atoms with Crippen LogP contribution in [0.3, 0.4) is 0 Å². The molecule has 0 aromatic carbocycles. The average molecular weight is 442 g/mol. The Balaban J connectivity index is 1.71. The number of rotatable bonds is 6. The van der Waals surface area contributed by atoms with Crippen LogP contribution < -0.4 is 10.6 Å². The summed E-state index contributed by atoms with van der Waals surface area (Å²) in [7, 11) is 0. The molecule has 0 saturated heterocycles. The monoisotopic (exact) mass is 442 g/mol. The summed E-state index contributed by atoms with van der Waals surface area (Å²) in [6, 6.07) is 5.98. The van der Waals surface area contributed by atoms with E-state index in [0.29, 0.717) is 17.2 Å². The molecule has 0 radical (unpaired) electrons. The maximum atomic E-state index is 12.7. The molecular weight excluding hydrogens is 429 g/mol. The molecule has 3 aromatic heterocycles. The SMILES string of the molecule is CC(=O)NCc1ccc(-c2csc(NC(=O)c3cccnc3SC(F)(F)F)n2)o1. The molecule has 0 aliphatic carbocycles. The summed E-state index contributed by atoms with van der Waals surface area (Å²) in [6.07, 6.45) is 1.18. The Morgan fingerprint density at radius 2 is 2.07 bits per heavy atom. The van der Waals surface area contributed by atoms with Gasteiger partial charge in [0, 0.05) is 30.3 Å². The van der Waals surface area contributed by atoms with E-state index < -0.39 is 28.2 Å². The summed E-state index contributed by atoms with van der Waals surface area (Å²) in [5.41, 5.74) is -4.33. The summed E-state index contributed by atoms with van der Waals surface area (Å²) in [5, 5.41) is 6.45. The first-order chi connectivity index (χ1) is 13.7. The minimum absolute atomic E-state index is 0.191. The van der Waals surface area contributed by atoms with Crippen molar-refractivity contribution >= 4 is 40.0 Å². The number of halogens is 3. The molecule has 0 bridgehead atoms. The normalized spacial score (nSPS) is 11.3. The number of hydrogen-bond acceptors (Lipinski definition) is 7. The van der Waals surface area contributed by atoms with E-state index in [2.05, 4.69) is 20.6 Å². The van der Waals surface area contributed by atoms with Crippen molar-refractivity contribution in [2.75, 3.05) is 5.32 Å². The van der Waals surface area contributed by atoms with E-state index >= 15 is 0 Å². The number of carbonyl (C=O) groups is 2. The van der Waals surface area contributed by atoms with Crippen molar-refractivity contribution in [1.29, 1.82) is 0 Å². The number of alkyl halides is 3. The number of pyridine rings is 1. The third kappa shape index (κ3) is 5.81. The van der Waals surface area contributed by atoms with E-state index in [0.717, 1.165) is 11.3 Å². The number of furan rings is 1. The molecule has 2 N–H and O–H groups in total. The molecule has 3 heterocycles. The molecular formula is C17H13F3N4O3S2. The molecule has 0 saturated carbocycles. The van der Waals surface area contributed by atoms with Gasteiger partial charge in [-0.25, -0.2) is 9.97 Å². The van der Waals surface area contributed by atoms with Crippen molar-refractivity contribution in [3.05, 3.63) is 47.2 Å². The van der Waals surface area contributed by atoms with Crippen LogP contribution in [0.5, 0.6) is 0 Å². The van der Waals surface area contributed by atoms with Gasteiger partial charge in [-0.3, -0.25) is 14.9 Å². The molecule has 0 aliphatic rings. The van der Waals surface area contributed by atoms with Gasteiger partial charge in [-0.1, -0.05) is 0 Å². The minimum atomic E-state index is -4.56. The molecule has 0 aliphatic heterocycles. The molecule has 3 rings (SSSR count). The summed E-state index contributed by atoms with van der Waals surface area (Å²) < 4.78 is 43.5. The third-order valence-corrected chi connectivity index (χ3v) is 4.89. The number of amides is 2. The number of hydrogen-bond donors (Lipinski definition) is 2. The lowest BCUT2D eigenvalue weighted by Crippen LogP contribution is -2.18. The molecule has 0 atom stereocenters. The first kappa shape index (κ1) is 20.9. The van der Waals surface area contributed by atoms with Gasteiger partial charge < -0.3 is 9.73 Å². The lowest BCUT2D eigenvalue weighted by atomic mass is 10.3. The molecule has 0 fully saturated rings. The van der Waals surface area contributed by atoms with Gasteiger partial charge in [-0.05, 0) is 24.3 Å². The van der Waals surface area contributed by atoms with Gasteiger partial charge in [0.2, 0.25) is 5.91 Å². The Kier molecular flexibility index (Phi) is 6.23. The average Bonchev–Trinajstić information content (AvgIpc) is 3.28. The first-order valence-corrected chi connectivity index (χ1v) is 9.72. The standard InChI is InChI=1S/C17H13F3N4O3S2/c1-9(25)22-7-10-4-5-13(27-10)12-8-28-16(23-12)24-14(26)11-3-2-6-21-15(11)29-17(18,19)20/h2-6,8H,7H2,1H3,(H,22,25)(H,23,24,26). The van der Waals surface area contributed by atoms with Gasteiger partial charge in [0.15, 0.2) is 10.9 Å². The van der Waals surface area contributed by atoms with Gasteiger partial charge in [0.1, 0.15) is 16.5 Å². The van der Waals surface area contributed by atoms with Crippen LogP contribution >= 0.6 is 23.1 Å². The maximum absolute atomic E-state index is 12.7. The molecule has 0 spiro atoms. The van der Waals surface area contributed by atoms with Crippen LogP contribution in [0.25, 0.3) is 11.5 Å². The molecule has 7 nitrogen and oxygen atoms in total. The fourth-order valence-corrected chi connectivity index (χ4v) is 3.48. The second kappa shape index (κ2) is 8.66. The highest BCUT2D eigenvalue weighted by Gasteiger charge is 2.32. The van der Waals surface area contributed by atoms with E-state index in [-0.39, 0.29) is 23.1 Å². The molecule has 3 aromatic rings. The van der Waals surface area contributed by atoms with Gasteiger partial charge in [0.25, 0.3) is 5.91 Å². The molecule has 12 heteroatoms. The lowest BCUT2D eigenvalue weighted by Gasteiger charge is -2.09. The van der Waals surface area contributed by atoms with Crippen molar-refractivity contribution in [2.24, 2.45) is 0 Å². The second-order valence-electron chi connectivity index (χ2n) is 5.57. The highest BCUT2D eigenvalue weighted by atomic mass is 32.2. The predicted molar refractivity (Wildman–Crippen MR) is 101 cm³/mol. The maximum Gasteiger partial charge on any atom is 0.447 e. The second-order valence-corrected chi connectivity index (χ2v) is 7.48. The molecule has 152 valence electrons.